The number of rotatable bonds is 7. The van der Waals surface area contributed by atoms with Crippen LogP contribution in [-0.4, -0.2) is 26.7 Å². The smallest absolute Gasteiger partial charge is 0.416 e. The van der Waals surface area contributed by atoms with Gasteiger partial charge in [-0.05, 0) is 68.9 Å². The molecule has 1 aliphatic rings. The Morgan fingerprint density at radius 2 is 1.84 bits per heavy atom. The number of fused-ring (bicyclic) bond motifs is 2. The molecule has 38 heavy (non-hydrogen) atoms. The zero-order valence-corrected chi connectivity index (χ0v) is 21.1. The highest BCUT2D eigenvalue weighted by molar-refractivity contribution is 5.92. The van der Waals surface area contributed by atoms with E-state index in [1.54, 1.807) is 12.3 Å². The van der Waals surface area contributed by atoms with Crippen molar-refractivity contribution in [2.75, 3.05) is 0 Å². The number of halogens is 3. The summed E-state index contributed by atoms with van der Waals surface area (Å²) in [4.78, 5) is 16.0. The first-order chi connectivity index (χ1) is 18.1. The summed E-state index contributed by atoms with van der Waals surface area (Å²) >= 11 is 0. The Balaban J connectivity index is 1.45. The van der Waals surface area contributed by atoms with E-state index < -0.39 is 17.7 Å². The van der Waals surface area contributed by atoms with Gasteiger partial charge in [-0.3, -0.25) is 9.78 Å². The predicted octanol–water partition coefficient (Wildman–Crippen LogP) is 7.10. The molecule has 0 amide bonds. The number of alkyl halides is 3. The van der Waals surface area contributed by atoms with E-state index in [1.807, 2.05) is 47.9 Å². The fourth-order valence-corrected chi connectivity index (χ4v) is 5.58. The van der Waals surface area contributed by atoms with E-state index in [0.717, 1.165) is 35.5 Å². The number of carbonyl (C=O) groups is 1. The third kappa shape index (κ3) is 5.26. The number of pyridine rings is 1. The van der Waals surface area contributed by atoms with Crippen LogP contribution in [0.3, 0.4) is 0 Å². The van der Waals surface area contributed by atoms with E-state index in [1.165, 1.54) is 6.07 Å². The van der Waals surface area contributed by atoms with Crippen molar-refractivity contribution in [3.63, 3.8) is 0 Å². The number of para-hydroxylation sites is 1. The van der Waals surface area contributed by atoms with Gasteiger partial charge in [-0.2, -0.15) is 13.2 Å². The second kappa shape index (κ2) is 10.2. The molecular weight excluding hydrogens is 491 g/mol. The number of carboxylic acid groups (broad SMARTS) is 1. The molecule has 2 aromatic carbocycles. The molecule has 0 aliphatic heterocycles. The highest BCUT2D eigenvalue weighted by atomic mass is 19.4. The van der Waals surface area contributed by atoms with Crippen LogP contribution in [0.5, 0.6) is 0 Å². The van der Waals surface area contributed by atoms with Gasteiger partial charge in [0.2, 0.25) is 0 Å². The molecule has 0 spiro atoms. The van der Waals surface area contributed by atoms with Gasteiger partial charge in [-0.25, -0.2) is 0 Å². The molecule has 4 aromatic rings. The van der Waals surface area contributed by atoms with Crippen LogP contribution in [0.1, 0.15) is 49.4 Å². The van der Waals surface area contributed by atoms with E-state index in [9.17, 15) is 23.1 Å². The zero-order valence-electron chi connectivity index (χ0n) is 21.1. The van der Waals surface area contributed by atoms with E-state index in [0.29, 0.717) is 41.5 Å². The standard InChI is InChI=1S/C30H30F3N3O2/c1-18(20-7-9-22(10-8-20)29(37)38)34-19(2)26-16-24(30(31,32)33)15-23-13-14-36(28(23)26)17-25-12-11-21-5-3-4-6-27(21)35-25/h3-6,11-16,18,20,22,34H,2,7-10,17H2,1H3,(H,37,38). The van der Waals surface area contributed by atoms with Crippen LogP contribution in [0.25, 0.3) is 27.5 Å². The highest BCUT2D eigenvalue weighted by Gasteiger charge is 2.33. The van der Waals surface area contributed by atoms with E-state index in [-0.39, 0.29) is 17.9 Å². The third-order valence-corrected chi connectivity index (χ3v) is 7.73. The lowest BCUT2D eigenvalue weighted by Crippen LogP contribution is -2.35. The fourth-order valence-electron chi connectivity index (χ4n) is 5.58. The Morgan fingerprint density at radius 3 is 2.55 bits per heavy atom. The number of hydrogen-bond acceptors (Lipinski definition) is 3. The molecular formula is C30H30F3N3O2. The minimum atomic E-state index is -4.49. The third-order valence-electron chi connectivity index (χ3n) is 7.73. The Hall–Kier alpha value is -3.81. The molecule has 0 radical (unpaired) electrons. The molecule has 0 saturated heterocycles. The van der Waals surface area contributed by atoms with Gasteiger partial charge in [0, 0.05) is 34.3 Å². The minimum Gasteiger partial charge on any atom is -0.481 e. The Kier molecular flexibility index (Phi) is 6.90. The van der Waals surface area contributed by atoms with Gasteiger partial charge in [-0.15, -0.1) is 0 Å². The first-order valence-electron chi connectivity index (χ1n) is 12.8. The van der Waals surface area contributed by atoms with Gasteiger partial charge in [0.15, 0.2) is 0 Å². The maximum absolute atomic E-state index is 13.8. The largest absolute Gasteiger partial charge is 0.481 e. The average Bonchev–Trinajstić information content (AvgIpc) is 3.30. The van der Waals surface area contributed by atoms with Gasteiger partial charge in [0.25, 0.3) is 0 Å². The number of aromatic nitrogens is 2. The monoisotopic (exact) mass is 521 g/mol. The van der Waals surface area contributed by atoms with Crippen LogP contribution in [-0.2, 0) is 17.5 Å². The Morgan fingerprint density at radius 1 is 1.11 bits per heavy atom. The van der Waals surface area contributed by atoms with Crippen molar-refractivity contribution in [3.05, 3.63) is 84.2 Å². The lowest BCUT2D eigenvalue weighted by molar-refractivity contribution is -0.143. The summed E-state index contributed by atoms with van der Waals surface area (Å²) in [6, 6.07) is 15.7. The average molecular weight is 522 g/mol. The number of aliphatic carboxylic acids is 1. The first-order valence-corrected chi connectivity index (χ1v) is 12.8. The van der Waals surface area contributed by atoms with Crippen LogP contribution in [0.15, 0.2) is 67.4 Å². The minimum absolute atomic E-state index is 0.0626. The lowest BCUT2D eigenvalue weighted by Gasteiger charge is -2.32. The fraction of sp³-hybridized carbons (Fsp3) is 0.333. The predicted molar refractivity (Wildman–Crippen MR) is 143 cm³/mol. The summed E-state index contributed by atoms with van der Waals surface area (Å²) < 4.78 is 43.3. The summed E-state index contributed by atoms with van der Waals surface area (Å²) in [7, 11) is 0. The number of nitrogens with zero attached hydrogens (tertiary/aromatic N) is 2. The molecule has 1 unspecified atom stereocenters. The van der Waals surface area contributed by atoms with Crippen molar-refractivity contribution in [1.29, 1.82) is 0 Å². The number of benzene rings is 2. The molecule has 1 aliphatic carbocycles. The summed E-state index contributed by atoms with van der Waals surface area (Å²) in [5.74, 6) is -0.865. The van der Waals surface area contributed by atoms with Crippen molar-refractivity contribution in [2.24, 2.45) is 11.8 Å². The maximum atomic E-state index is 13.8. The van der Waals surface area contributed by atoms with Crippen LogP contribution in [0.4, 0.5) is 13.2 Å². The summed E-state index contributed by atoms with van der Waals surface area (Å²) in [5.41, 5.74) is 2.41. The van der Waals surface area contributed by atoms with Crippen molar-refractivity contribution in [2.45, 2.75) is 51.4 Å². The molecule has 1 fully saturated rings. The molecule has 1 saturated carbocycles. The molecule has 2 heterocycles. The van der Waals surface area contributed by atoms with Crippen molar-refractivity contribution in [1.82, 2.24) is 14.9 Å². The summed E-state index contributed by atoms with van der Waals surface area (Å²) in [5, 5.41) is 14.1. The van der Waals surface area contributed by atoms with E-state index in [2.05, 4.69) is 11.9 Å². The molecule has 198 valence electrons. The van der Waals surface area contributed by atoms with Gasteiger partial charge >= 0.3 is 12.1 Å². The maximum Gasteiger partial charge on any atom is 0.416 e. The molecule has 0 bridgehead atoms. The normalized spacial score (nSPS) is 18.9. The number of nitrogens with one attached hydrogen (secondary N) is 1. The zero-order chi connectivity index (χ0) is 27.0. The highest BCUT2D eigenvalue weighted by Crippen LogP contribution is 2.37. The first kappa shape index (κ1) is 25.8. The van der Waals surface area contributed by atoms with Crippen molar-refractivity contribution in [3.8, 4) is 0 Å². The SMILES string of the molecule is C=C(NC(C)C1CCC(C(=O)O)CC1)c1cc(C(F)(F)F)cc2ccn(Cc3ccc4ccccc4n3)c12. The Bertz CT molecular complexity index is 1500. The molecule has 1 atom stereocenters. The lowest BCUT2D eigenvalue weighted by atomic mass is 9.79. The number of carboxylic acids is 1. The summed E-state index contributed by atoms with van der Waals surface area (Å²) in [6.07, 6.45) is 0.00377. The number of hydrogen-bond donors (Lipinski definition) is 2. The second-order valence-electron chi connectivity index (χ2n) is 10.3. The summed E-state index contributed by atoms with van der Waals surface area (Å²) in [6.45, 7) is 6.53. The Labute approximate surface area is 219 Å². The van der Waals surface area contributed by atoms with Gasteiger partial charge < -0.3 is 15.0 Å². The van der Waals surface area contributed by atoms with Crippen LogP contribution >= 0.6 is 0 Å². The molecule has 2 N–H and O–H groups in total. The van der Waals surface area contributed by atoms with Gasteiger partial charge in [-0.1, -0.05) is 30.8 Å². The second-order valence-corrected chi connectivity index (χ2v) is 10.3. The quantitative estimate of drug-likeness (QED) is 0.272. The molecule has 5 rings (SSSR count). The van der Waals surface area contributed by atoms with E-state index in [4.69, 9.17) is 4.98 Å². The molecule has 5 nitrogen and oxygen atoms in total. The molecule has 2 aromatic heterocycles. The van der Waals surface area contributed by atoms with Crippen molar-refractivity contribution < 1.29 is 23.1 Å². The van der Waals surface area contributed by atoms with Crippen LogP contribution in [0.2, 0.25) is 0 Å². The van der Waals surface area contributed by atoms with Crippen LogP contribution in [0, 0.1) is 11.8 Å². The topological polar surface area (TPSA) is 67.2 Å². The van der Waals surface area contributed by atoms with Gasteiger partial charge in [0.1, 0.15) is 0 Å². The van der Waals surface area contributed by atoms with Crippen molar-refractivity contribution >= 4 is 33.5 Å². The van der Waals surface area contributed by atoms with Gasteiger partial charge in [0.05, 0.1) is 34.8 Å². The van der Waals surface area contributed by atoms with Crippen LogP contribution < -0.4 is 5.32 Å². The van der Waals surface area contributed by atoms with E-state index >= 15 is 0 Å². The molecule has 8 heteroatoms.